The molecule has 0 saturated carbocycles. The third kappa shape index (κ3) is 3.53. The van der Waals surface area contributed by atoms with Crippen molar-refractivity contribution in [1.29, 1.82) is 0 Å². The van der Waals surface area contributed by atoms with E-state index in [1.807, 2.05) is 44.2 Å². The Morgan fingerprint density at radius 1 is 1.07 bits per heavy atom. The standard InChI is InChI=1S/C21H22N2O3.Li/c1-4-14-10-9-13-16-17(14)19(24)18(20(25)22(16)3)21(26)23(5-2)15-11-7-6-8-12-15;/h6-13,24H,4-5H2,1-3H3;. The van der Waals surface area contributed by atoms with Gasteiger partial charge in [-0.15, -0.1) is 0 Å². The summed E-state index contributed by atoms with van der Waals surface area (Å²) in [6, 6.07) is 14.7. The monoisotopic (exact) mass is 357 g/mol. The van der Waals surface area contributed by atoms with Gasteiger partial charge in [0.1, 0.15) is 11.3 Å². The molecule has 5 nitrogen and oxygen atoms in total. The van der Waals surface area contributed by atoms with Gasteiger partial charge in [0.2, 0.25) is 0 Å². The number of carbonyl (C=O) groups is 1. The molecule has 27 heavy (non-hydrogen) atoms. The molecule has 0 atom stereocenters. The number of pyridine rings is 1. The molecule has 0 spiro atoms. The normalized spacial score (nSPS) is 10.5. The average Bonchev–Trinajstić information content (AvgIpc) is 2.67. The van der Waals surface area contributed by atoms with Crippen molar-refractivity contribution in [3.63, 3.8) is 0 Å². The molecular weight excluding hydrogens is 335 g/mol. The number of fused-ring (bicyclic) bond motifs is 1. The summed E-state index contributed by atoms with van der Waals surface area (Å²) in [5.41, 5.74) is 1.51. The molecule has 1 radical (unpaired) electrons. The first-order valence-electron chi connectivity index (χ1n) is 8.71. The molecule has 0 aliphatic rings. The fourth-order valence-corrected chi connectivity index (χ4v) is 3.32. The van der Waals surface area contributed by atoms with E-state index in [1.54, 1.807) is 25.2 Å². The molecule has 1 aromatic heterocycles. The number of amides is 1. The topological polar surface area (TPSA) is 62.5 Å². The van der Waals surface area contributed by atoms with E-state index < -0.39 is 11.5 Å². The molecule has 0 bridgehead atoms. The van der Waals surface area contributed by atoms with Crippen molar-refractivity contribution in [2.75, 3.05) is 11.4 Å². The van der Waals surface area contributed by atoms with Crippen molar-refractivity contribution in [3.05, 3.63) is 70.0 Å². The third-order valence-electron chi connectivity index (χ3n) is 4.71. The Hall–Kier alpha value is -2.48. The molecule has 1 amide bonds. The molecule has 0 saturated heterocycles. The fraction of sp³-hybridized carbons (Fsp3) is 0.238. The summed E-state index contributed by atoms with van der Waals surface area (Å²) in [6.07, 6.45) is 0.687. The number of rotatable bonds is 4. The van der Waals surface area contributed by atoms with Gasteiger partial charge < -0.3 is 14.6 Å². The van der Waals surface area contributed by atoms with E-state index in [1.165, 1.54) is 9.47 Å². The van der Waals surface area contributed by atoms with Crippen LogP contribution < -0.4 is 10.5 Å². The molecule has 0 unspecified atom stereocenters. The Balaban J connectivity index is 0.00000261. The molecular formula is C21H22LiN2O3. The number of aryl methyl sites for hydroxylation is 2. The minimum Gasteiger partial charge on any atom is -0.506 e. The summed E-state index contributed by atoms with van der Waals surface area (Å²) in [5, 5.41) is 11.4. The Labute approximate surface area is 170 Å². The summed E-state index contributed by atoms with van der Waals surface area (Å²) >= 11 is 0. The van der Waals surface area contributed by atoms with E-state index in [0.717, 1.165) is 5.56 Å². The van der Waals surface area contributed by atoms with Gasteiger partial charge in [-0.05, 0) is 37.1 Å². The van der Waals surface area contributed by atoms with E-state index in [2.05, 4.69) is 0 Å². The van der Waals surface area contributed by atoms with Crippen LogP contribution in [0.5, 0.6) is 5.75 Å². The van der Waals surface area contributed by atoms with Crippen LogP contribution in [0.25, 0.3) is 10.9 Å². The molecule has 1 heterocycles. The van der Waals surface area contributed by atoms with Crippen LogP contribution in [0.2, 0.25) is 0 Å². The van der Waals surface area contributed by atoms with Gasteiger partial charge >= 0.3 is 0 Å². The molecule has 1 N–H and O–H groups in total. The number of para-hydroxylation sites is 1. The zero-order valence-corrected chi connectivity index (χ0v) is 16.2. The number of hydrogen-bond acceptors (Lipinski definition) is 3. The second kappa shape index (κ2) is 8.47. The van der Waals surface area contributed by atoms with Crippen LogP contribution in [0, 0.1) is 0 Å². The van der Waals surface area contributed by atoms with Crippen molar-refractivity contribution in [2.45, 2.75) is 20.3 Å². The zero-order chi connectivity index (χ0) is 18.8. The number of carbonyl (C=O) groups excluding carboxylic acids is 1. The number of nitrogens with zero attached hydrogens (tertiary/aromatic N) is 2. The smallest absolute Gasteiger partial charge is 0.267 e. The molecule has 3 aromatic rings. The molecule has 6 heteroatoms. The summed E-state index contributed by atoms with van der Waals surface area (Å²) < 4.78 is 1.43. The Kier molecular flexibility index (Phi) is 6.53. The maximum Gasteiger partial charge on any atom is 0.267 e. The van der Waals surface area contributed by atoms with Crippen LogP contribution in [0.4, 0.5) is 5.69 Å². The van der Waals surface area contributed by atoms with E-state index in [0.29, 0.717) is 29.6 Å². The second-order valence-corrected chi connectivity index (χ2v) is 6.14. The first-order chi connectivity index (χ1) is 12.5. The van der Waals surface area contributed by atoms with E-state index in [4.69, 9.17) is 0 Å². The quantitative estimate of drug-likeness (QED) is 0.730. The fourth-order valence-electron chi connectivity index (χ4n) is 3.32. The average molecular weight is 357 g/mol. The van der Waals surface area contributed by atoms with Gasteiger partial charge in [-0.1, -0.05) is 37.3 Å². The second-order valence-electron chi connectivity index (χ2n) is 6.14. The maximum absolute atomic E-state index is 13.2. The van der Waals surface area contributed by atoms with Crippen molar-refractivity contribution in [3.8, 4) is 5.75 Å². The van der Waals surface area contributed by atoms with Crippen LogP contribution in [0.1, 0.15) is 29.8 Å². The molecule has 0 aliphatic carbocycles. The number of aromatic hydroxyl groups is 1. The van der Waals surface area contributed by atoms with Crippen LogP contribution in [-0.4, -0.2) is 41.0 Å². The zero-order valence-electron chi connectivity index (χ0n) is 16.2. The molecule has 2 aromatic carbocycles. The van der Waals surface area contributed by atoms with Crippen molar-refractivity contribution in [1.82, 2.24) is 4.57 Å². The van der Waals surface area contributed by atoms with Gasteiger partial charge in [0, 0.05) is 43.5 Å². The Bertz CT molecular complexity index is 1030. The minimum absolute atomic E-state index is 0. The van der Waals surface area contributed by atoms with Crippen molar-refractivity contribution in [2.24, 2.45) is 7.05 Å². The van der Waals surface area contributed by atoms with Gasteiger partial charge in [-0.3, -0.25) is 9.59 Å². The van der Waals surface area contributed by atoms with Gasteiger partial charge in [0.15, 0.2) is 0 Å². The summed E-state index contributed by atoms with van der Waals surface area (Å²) in [7, 11) is 1.62. The van der Waals surface area contributed by atoms with Gasteiger partial charge in [-0.2, -0.15) is 0 Å². The van der Waals surface area contributed by atoms with Crippen LogP contribution in [-0.2, 0) is 13.5 Å². The van der Waals surface area contributed by atoms with Gasteiger partial charge in [-0.25, -0.2) is 0 Å². The van der Waals surface area contributed by atoms with Gasteiger partial charge in [0.25, 0.3) is 11.5 Å². The Morgan fingerprint density at radius 3 is 2.33 bits per heavy atom. The van der Waals surface area contributed by atoms with E-state index in [-0.39, 0.29) is 30.2 Å². The van der Waals surface area contributed by atoms with Crippen molar-refractivity contribution >= 4 is 41.4 Å². The molecule has 3 rings (SSSR count). The first kappa shape index (κ1) is 20.8. The maximum atomic E-state index is 13.2. The number of aromatic nitrogens is 1. The molecule has 135 valence electrons. The minimum atomic E-state index is -0.498. The van der Waals surface area contributed by atoms with Crippen LogP contribution >= 0.6 is 0 Å². The molecule has 0 aliphatic heterocycles. The largest absolute Gasteiger partial charge is 0.506 e. The predicted octanol–water partition coefficient (Wildman–Crippen LogP) is 3.09. The number of hydrogen-bond donors (Lipinski definition) is 1. The first-order valence-corrected chi connectivity index (χ1v) is 8.71. The summed E-state index contributed by atoms with van der Waals surface area (Å²) in [5.74, 6) is -0.732. The molecule has 0 fully saturated rings. The van der Waals surface area contributed by atoms with Crippen LogP contribution in [0.15, 0.2) is 53.3 Å². The van der Waals surface area contributed by atoms with E-state index >= 15 is 0 Å². The van der Waals surface area contributed by atoms with Crippen LogP contribution in [0.3, 0.4) is 0 Å². The van der Waals surface area contributed by atoms with Gasteiger partial charge in [0.05, 0.1) is 5.52 Å². The predicted molar refractivity (Wildman–Crippen MR) is 110 cm³/mol. The van der Waals surface area contributed by atoms with E-state index in [9.17, 15) is 14.7 Å². The summed E-state index contributed by atoms with van der Waals surface area (Å²) in [6.45, 7) is 4.20. The Morgan fingerprint density at radius 2 is 1.74 bits per heavy atom. The van der Waals surface area contributed by atoms with Crippen molar-refractivity contribution < 1.29 is 9.90 Å². The third-order valence-corrected chi connectivity index (χ3v) is 4.71. The SMILES string of the molecule is CCc1cccc2c1c(O)c(C(=O)N(CC)c1ccccc1)c(=O)n2C.[Li]. The summed E-state index contributed by atoms with van der Waals surface area (Å²) in [4.78, 5) is 27.5. The number of benzene rings is 2. The number of anilines is 1.